The SMILES string of the molecule is CC(C)C(Nc1ccc(S(=O)(=O)C(F)(F)F)cc1)c1nc(-c2ccncc2)no1. The molecule has 0 radical (unpaired) electrons. The lowest BCUT2D eigenvalue weighted by atomic mass is 10.0. The van der Waals surface area contributed by atoms with Gasteiger partial charge in [0.1, 0.15) is 6.04 Å². The van der Waals surface area contributed by atoms with Crippen LogP contribution in [-0.2, 0) is 9.84 Å². The van der Waals surface area contributed by atoms with E-state index >= 15 is 0 Å². The lowest BCUT2D eigenvalue weighted by Crippen LogP contribution is -2.23. The first-order valence-corrected chi connectivity index (χ1v) is 10.00. The van der Waals surface area contributed by atoms with Crippen molar-refractivity contribution < 1.29 is 26.1 Å². The smallest absolute Gasteiger partial charge is 0.373 e. The Morgan fingerprint density at radius 3 is 2.21 bits per heavy atom. The summed E-state index contributed by atoms with van der Waals surface area (Å²) in [5, 5.41) is 7.04. The van der Waals surface area contributed by atoms with E-state index in [1.807, 2.05) is 13.8 Å². The molecule has 0 aliphatic rings. The Labute approximate surface area is 164 Å². The fourth-order valence-corrected chi connectivity index (χ4v) is 3.30. The summed E-state index contributed by atoms with van der Waals surface area (Å²) in [5.41, 5.74) is -4.22. The van der Waals surface area contributed by atoms with E-state index < -0.39 is 26.3 Å². The van der Waals surface area contributed by atoms with Crippen molar-refractivity contribution in [1.82, 2.24) is 15.1 Å². The molecule has 3 aromatic rings. The van der Waals surface area contributed by atoms with Gasteiger partial charge in [0.25, 0.3) is 9.84 Å². The van der Waals surface area contributed by atoms with E-state index in [-0.39, 0.29) is 5.92 Å². The topological polar surface area (TPSA) is 98.0 Å². The molecular weight excluding hydrogens is 409 g/mol. The van der Waals surface area contributed by atoms with Crippen molar-refractivity contribution in [2.45, 2.75) is 30.3 Å². The molecule has 154 valence electrons. The number of nitrogens with zero attached hydrogens (tertiary/aromatic N) is 3. The van der Waals surface area contributed by atoms with Gasteiger partial charge in [0.05, 0.1) is 4.90 Å². The van der Waals surface area contributed by atoms with E-state index in [0.717, 1.165) is 17.7 Å². The third kappa shape index (κ3) is 4.39. The van der Waals surface area contributed by atoms with E-state index in [4.69, 9.17) is 4.52 Å². The van der Waals surface area contributed by atoms with Crippen LogP contribution in [0.3, 0.4) is 0 Å². The van der Waals surface area contributed by atoms with Crippen molar-refractivity contribution in [1.29, 1.82) is 0 Å². The molecule has 0 amide bonds. The Morgan fingerprint density at radius 2 is 1.66 bits per heavy atom. The Morgan fingerprint density at radius 1 is 1.03 bits per heavy atom. The van der Waals surface area contributed by atoms with Gasteiger partial charge in [-0.05, 0) is 42.3 Å². The van der Waals surface area contributed by atoms with E-state index in [9.17, 15) is 21.6 Å². The van der Waals surface area contributed by atoms with Crippen LogP contribution in [-0.4, -0.2) is 29.1 Å². The Balaban J connectivity index is 1.83. The van der Waals surface area contributed by atoms with E-state index in [1.165, 1.54) is 12.1 Å². The Hall–Kier alpha value is -2.95. The third-order valence-electron chi connectivity index (χ3n) is 4.10. The standard InChI is InChI=1S/C18H17F3N4O3S/c1-11(2)15(17-24-16(25-28-17)12-7-9-22-10-8-12)23-13-3-5-14(6-4-13)29(26,27)18(19,20)21/h3-11,15,23H,1-2H3. The number of nitrogens with one attached hydrogen (secondary N) is 1. The maximum Gasteiger partial charge on any atom is 0.501 e. The van der Waals surface area contributed by atoms with Crippen molar-refractivity contribution in [3.8, 4) is 11.4 Å². The van der Waals surface area contributed by atoms with Crippen LogP contribution in [0, 0.1) is 5.92 Å². The number of alkyl halides is 3. The minimum absolute atomic E-state index is 0.0145. The number of rotatable bonds is 6. The van der Waals surface area contributed by atoms with Crippen molar-refractivity contribution in [2.24, 2.45) is 5.92 Å². The quantitative estimate of drug-likeness (QED) is 0.630. The summed E-state index contributed by atoms with van der Waals surface area (Å²) in [4.78, 5) is 7.47. The summed E-state index contributed by atoms with van der Waals surface area (Å²) in [7, 11) is -5.39. The lowest BCUT2D eigenvalue weighted by molar-refractivity contribution is -0.0436. The molecule has 29 heavy (non-hydrogen) atoms. The van der Waals surface area contributed by atoms with Gasteiger partial charge in [-0.2, -0.15) is 18.2 Å². The number of sulfone groups is 1. The molecular formula is C18H17F3N4O3S. The van der Waals surface area contributed by atoms with Crippen molar-refractivity contribution in [3.63, 3.8) is 0 Å². The van der Waals surface area contributed by atoms with Gasteiger partial charge in [0, 0.05) is 23.6 Å². The van der Waals surface area contributed by atoms with Crippen LogP contribution in [0.4, 0.5) is 18.9 Å². The minimum Gasteiger partial charge on any atom is -0.373 e. The van der Waals surface area contributed by atoms with Crippen LogP contribution >= 0.6 is 0 Å². The molecule has 11 heteroatoms. The van der Waals surface area contributed by atoms with Gasteiger partial charge < -0.3 is 9.84 Å². The van der Waals surface area contributed by atoms with Gasteiger partial charge in [0.15, 0.2) is 0 Å². The molecule has 0 bridgehead atoms. The first kappa shape index (κ1) is 20.8. The van der Waals surface area contributed by atoms with Crippen molar-refractivity contribution >= 4 is 15.5 Å². The number of halogens is 3. The number of hydrogen-bond donors (Lipinski definition) is 1. The average Bonchev–Trinajstić information content (AvgIpc) is 3.16. The van der Waals surface area contributed by atoms with Gasteiger partial charge in [-0.15, -0.1) is 0 Å². The van der Waals surface area contributed by atoms with Crippen molar-refractivity contribution in [2.75, 3.05) is 5.32 Å². The maximum atomic E-state index is 12.7. The molecule has 1 N–H and O–H groups in total. The highest BCUT2D eigenvalue weighted by Gasteiger charge is 2.46. The molecule has 0 saturated carbocycles. The highest BCUT2D eigenvalue weighted by atomic mass is 32.2. The predicted octanol–water partition coefficient (Wildman–Crippen LogP) is 4.23. The third-order valence-corrected chi connectivity index (χ3v) is 5.61. The van der Waals surface area contributed by atoms with Gasteiger partial charge >= 0.3 is 5.51 Å². The first-order chi connectivity index (χ1) is 13.6. The van der Waals surface area contributed by atoms with Gasteiger partial charge in [0.2, 0.25) is 11.7 Å². The molecule has 1 aromatic carbocycles. The lowest BCUT2D eigenvalue weighted by Gasteiger charge is -2.20. The second-order valence-corrected chi connectivity index (χ2v) is 8.47. The molecule has 0 aliphatic heterocycles. The normalized spacial score (nSPS) is 13.4. The summed E-state index contributed by atoms with van der Waals surface area (Å²) in [6.07, 6.45) is 3.19. The second-order valence-electron chi connectivity index (χ2n) is 6.53. The highest BCUT2D eigenvalue weighted by Crippen LogP contribution is 2.32. The Kier molecular flexibility index (Phi) is 5.60. The second kappa shape index (κ2) is 7.82. The van der Waals surface area contributed by atoms with Crippen LogP contribution in [0.1, 0.15) is 25.8 Å². The van der Waals surface area contributed by atoms with E-state index in [1.54, 1.807) is 24.5 Å². The van der Waals surface area contributed by atoms with Crippen LogP contribution in [0.5, 0.6) is 0 Å². The molecule has 0 fully saturated rings. The zero-order chi connectivity index (χ0) is 21.2. The molecule has 1 unspecified atom stereocenters. The largest absolute Gasteiger partial charge is 0.501 e. The van der Waals surface area contributed by atoms with Crippen LogP contribution in [0.2, 0.25) is 0 Å². The number of aromatic nitrogens is 3. The molecule has 7 nitrogen and oxygen atoms in total. The van der Waals surface area contributed by atoms with Gasteiger partial charge in [-0.3, -0.25) is 4.98 Å². The maximum absolute atomic E-state index is 12.7. The summed E-state index contributed by atoms with van der Waals surface area (Å²) in [6, 6.07) is 7.33. The summed E-state index contributed by atoms with van der Waals surface area (Å²) in [6.45, 7) is 3.80. The highest BCUT2D eigenvalue weighted by molar-refractivity contribution is 7.92. The van der Waals surface area contributed by atoms with E-state index in [2.05, 4.69) is 20.4 Å². The molecule has 0 aliphatic carbocycles. The zero-order valence-electron chi connectivity index (χ0n) is 15.4. The molecule has 2 aromatic heterocycles. The monoisotopic (exact) mass is 426 g/mol. The fraction of sp³-hybridized carbons (Fsp3) is 0.278. The van der Waals surface area contributed by atoms with Crippen molar-refractivity contribution in [3.05, 3.63) is 54.7 Å². The average molecular weight is 426 g/mol. The van der Waals surface area contributed by atoms with Gasteiger partial charge in [-0.25, -0.2) is 8.42 Å². The van der Waals surface area contributed by atoms with Crippen LogP contribution in [0.15, 0.2) is 58.2 Å². The molecule has 2 heterocycles. The van der Waals surface area contributed by atoms with Crippen LogP contribution in [0.25, 0.3) is 11.4 Å². The minimum atomic E-state index is -5.39. The summed E-state index contributed by atoms with van der Waals surface area (Å²) < 4.78 is 66.3. The number of pyridine rings is 1. The first-order valence-electron chi connectivity index (χ1n) is 8.51. The number of anilines is 1. The molecule has 1 atom stereocenters. The fourth-order valence-electron chi connectivity index (χ4n) is 2.54. The number of benzene rings is 1. The van der Waals surface area contributed by atoms with Crippen LogP contribution < -0.4 is 5.32 Å². The molecule has 0 saturated heterocycles. The molecule has 0 spiro atoms. The zero-order valence-corrected chi connectivity index (χ0v) is 16.2. The summed E-state index contributed by atoms with van der Waals surface area (Å²) >= 11 is 0. The van der Waals surface area contributed by atoms with Gasteiger partial charge in [-0.1, -0.05) is 19.0 Å². The Bertz CT molecular complexity index is 1070. The van der Waals surface area contributed by atoms with E-state index in [0.29, 0.717) is 17.4 Å². The summed E-state index contributed by atoms with van der Waals surface area (Å²) in [5.74, 6) is 0.652. The molecule has 3 rings (SSSR count). The predicted molar refractivity (Wildman–Crippen MR) is 98.4 cm³/mol. The number of hydrogen-bond acceptors (Lipinski definition) is 7.